The molecule has 0 spiro atoms. The van der Waals surface area contributed by atoms with Crippen molar-refractivity contribution in [1.82, 2.24) is 0 Å². The molecule has 0 amide bonds. The van der Waals surface area contributed by atoms with E-state index in [-0.39, 0.29) is 11.9 Å². The first-order valence-electron chi connectivity index (χ1n) is 6.71. The average molecular weight is 268 g/mol. The zero-order valence-electron chi connectivity index (χ0n) is 11.3. The minimum atomic E-state index is -0.171. The van der Waals surface area contributed by atoms with Crippen LogP contribution in [0.1, 0.15) is 29.9 Å². The summed E-state index contributed by atoms with van der Waals surface area (Å²) in [6.45, 7) is 0. The van der Waals surface area contributed by atoms with Crippen LogP contribution in [-0.2, 0) is 4.79 Å². The molecule has 1 aliphatic heterocycles. The summed E-state index contributed by atoms with van der Waals surface area (Å²) in [5.41, 5.74) is 2.21. The second kappa shape index (κ2) is 5.37. The average Bonchev–Trinajstić information content (AvgIpc) is 2.65. The standard InChI is InChI=1S/C17H16O3/c1-19-13-7-9-16-15(11-13)14(8-10-17(18)20-16)12-5-3-2-4-6-12/h2-7,9,11,14H,8,10H2,1H3. The predicted octanol–water partition coefficient (Wildman–Crippen LogP) is 3.53. The van der Waals surface area contributed by atoms with Gasteiger partial charge in [0.2, 0.25) is 0 Å². The number of esters is 1. The molecular weight excluding hydrogens is 252 g/mol. The van der Waals surface area contributed by atoms with Crippen molar-refractivity contribution in [3.05, 3.63) is 59.7 Å². The molecular formula is C17H16O3. The molecule has 0 aromatic heterocycles. The lowest BCUT2D eigenvalue weighted by Gasteiger charge is -2.17. The van der Waals surface area contributed by atoms with Crippen LogP contribution in [0.5, 0.6) is 11.5 Å². The molecule has 0 N–H and O–H groups in total. The van der Waals surface area contributed by atoms with Crippen molar-refractivity contribution in [3.8, 4) is 11.5 Å². The predicted molar refractivity (Wildman–Crippen MR) is 76.1 cm³/mol. The Bertz CT molecular complexity index is 619. The van der Waals surface area contributed by atoms with E-state index in [1.807, 2.05) is 36.4 Å². The molecule has 0 saturated heterocycles. The van der Waals surface area contributed by atoms with E-state index in [9.17, 15) is 4.79 Å². The molecule has 2 aromatic carbocycles. The van der Waals surface area contributed by atoms with E-state index in [0.717, 1.165) is 17.7 Å². The highest BCUT2D eigenvalue weighted by Gasteiger charge is 2.25. The van der Waals surface area contributed by atoms with Crippen molar-refractivity contribution in [3.63, 3.8) is 0 Å². The lowest BCUT2D eigenvalue weighted by atomic mass is 9.87. The summed E-state index contributed by atoms with van der Waals surface area (Å²) < 4.78 is 10.7. The number of methoxy groups -OCH3 is 1. The molecule has 20 heavy (non-hydrogen) atoms. The maximum Gasteiger partial charge on any atom is 0.311 e. The van der Waals surface area contributed by atoms with Crippen LogP contribution in [0.25, 0.3) is 0 Å². The smallest absolute Gasteiger partial charge is 0.311 e. The summed E-state index contributed by atoms with van der Waals surface area (Å²) in [4.78, 5) is 11.7. The molecule has 102 valence electrons. The van der Waals surface area contributed by atoms with Crippen molar-refractivity contribution in [1.29, 1.82) is 0 Å². The van der Waals surface area contributed by atoms with Crippen LogP contribution in [0.3, 0.4) is 0 Å². The second-order valence-electron chi connectivity index (χ2n) is 4.88. The van der Waals surface area contributed by atoms with Gasteiger partial charge in [-0.25, -0.2) is 0 Å². The normalized spacial score (nSPS) is 17.9. The van der Waals surface area contributed by atoms with Gasteiger partial charge in [-0.1, -0.05) is 30.3 Å². The fourth-order valence-corrected chi connectivity index (χ4v) is 2.64. The Morgan fingerprint density at radius 3 is 2.70 bits per heavy atom. The summed E-state index contributed by atoms with van der Waals surface area (Å²) in [6, 6.07) is 15.8. The van der Waals surface area contributed by atoms with E-state index in [0.29, 0.717) is 12.2 Å². The molecule has 1 aliphatic rings. The number of carbonyl (C=O) groups excluding carboxylic acids is 1. The Hall–Kier alpha value is -2.29. The minimum Gasteiger partial charge on any atom is -0.497 e. The Morgan fingerprint density at radius 2 is 1.95 bits per heavy atom. The van der Waals surface area contributed by atoms with Crippen molar-refractivity contribution < 1.29 is 14.3 Å². The van der Waals surface area contributed by atoms with Gasteiger partial charge in [0.25, 0.3) is 0 Å². The zero-order valence-corrected chi connectivity index (χ0v) is 11.3. The highest BCUT2D eigenvalue weighted by molar-refractivity contribution is 5.74. The van der Waals surface area contributed by atoms with E-state index >= 15 is 0 Å². The molecule has 1 unspecified atom stereocenters. The first-order valence-corrected chi connectivity index (χ1v) is 6.71. The van der Waals surface area contributed by atoms with Crippen molar-refractivity contribution >= 4 is 5.97 Å². The summed E-state index contributed by atoms with van der Waals surface area (Å²) in [5.74, 6) is 1.41. The van der Waals surface area contributed by atoms with Crippen LogP contribution >= 0.6 is 0 Å². The molecule has 1 atom stereocenters. The van der Waals surface area contributed by atoms with Crippen LogP contribution in [0.15, 0.2) is 48.5 Å². The lowest BCUT2D eigenvalue weighted by molar-refractivity contribution is -0.134. The Kier molecular flexibility index (Phi) is 3.42. The van der Waals surface area contributed by atoms with Gasteiger partial charge in [0.1, 0.15) is 11.5 Å². The van der Waals surface area contributed by atoms with Gasteiger partial charge in [-0.15, -0.1) is 0 Å². The van der Waals surface area contributed by atoms with Crippen LogP contribution < -0.4 is 9.47 Å². The maximum atomic E-state index is 11.7. The van der Waals surface area contributed by atoms with E-state index < -0.39 is 0 Å². The number of benzene rings is 2. The third-order valence-corrected chi connectivity index (χ3v) is 3.66. The lowest BCUT2D eigenvalue weighted by Crippen LogP contribution is -2.05. The van der Waals surface area contributed by atoms with Crippen LogP contribution in [0.4, 0.5) is 0 Å². The SMILES string of the molecule is COc1ccc2c(c1)C(c1ccccc1)CCC(=O)O2. The third-order valence-electron chi connectivity index (χ3n) is 3.66. The molecule has 3 nitrogen and oxygen atoms in total. The monoisotopic (exact) mass is 268 g/mol. The first kappa shape index (κ1) is 12.7. The highest BCUT2D eigenvalue weighted by Crippen LogP contribution is 2.39. The van der Waals surface area contributed by atoms with Gasteiger partial charge in [0, 0.05) is 17.9 Å². The van der Waals surface area contributed by atoms with E-state index in [2.05, 4.69) is 12.1 Å². The van der Waals surface area contributed by atoms with E-state index in [4.69, 9.17) is 9.47 Å². The minimum absolute atomic E-state index is 0.160. The number of rotatable bonds is 2. The summed E-state index contributed by atoms with van der Waals surface area (Å²) >= 11 is 0. The molecule has 0 aliphatic carbocycles. The highest BCUT2D eigenvalue weighted by atomic mass is 16.5. The Morgan fingerprint density at radius 1 is 1.15 bits per heavy atom. The van der Waals surface area contributed by atoms with Gasteiger partial charge >= 0.3 is 5.97 Å². The van der Waals surface area contributed by atoms with Gasteiger partial charge in [-0.3, -0.25) is 4.79 Å². The quantitative estimate of drug-likeness (QED) is 0.617. The zero-order chi connectivity index (χ0) is 13.9. The fourth-order valence-electron chi connectivity index (χ4n) is 2.64. The maximum absolute atomic E-state index is 11.7. The third kappa shape index (κ3) is 2.39. The fraction of sp³-hybridized carbons (Fsp3) is 0.235. The van der Waals surface area contributed by atoms with Crippen LogP contribution in [0.2, 0.25) is 0 Å². The Labute approximate surface area is 118 Å². The molecule has 0 radical (unpaired) electrons. The van der Waals surface area contributed by atoms with E-state index in [1.165, 1.54) is 5.56 Å². The summed E-state index contributed by atoms with van der Waals surface area (Å²) in [5, 5.41) is 0. The number of ether oxygens (including phenoxy) is 2. The molecule has 3 rings (SSSR count). The molecule has 0 saturated carbocycles. The number of fused-ring (bicyclic) bond motifs is 1. The molecule has 1 heterocycles. The number of hydrogen-bond donors (Lipinski definition) is 0. The molecule has 2 aromatic rings. The topological polar surface area (TPSA) is 35.5 Å². The van der Waals surface area contributed by atoms with Gasteiger partial charge < -0.3 is 9.47 Å². The summed E-state index contributed by atoms with van der Waals surface area (Å²) in [6.07, 6.45) is 1.18. The Balaban J connectivity index is 2.10. The van der Waals surface area contributed by atoms with Crippen LogP contribution in [0, 0.1) is 0 Å². The van der Waals surface area contributed by atoms with Gasteiger partial charge in [-0.05, 0) is 30.2 Å². The number of carbonyl (C=O) groups is 1. The largest absolute Gasteiger partial charge is 0.497 e. The first-order chi connectivity index (χ1) is 9.78. The molecule has 0 bridgehead atoms. The summed E-state index contributed by atoms with van der Waals surface area (Å²) in [7, 11) is 1.64. The van der Waals surface area contributed by atoms with Gasteiger partial charge in [0.15, 0.2) is 0 Å². The van der Waals surface area contributed by atoms with Crippen molar-refractivity contribution in [2.75, 3.05) is 7.11 Å². The van der Waals surface area contributed by atoms with Crippen molar-refractivity contribution in [2.24, 2.45) is 0 Å². The van der Waals surface area contributed by atoms with Crippen molar-refractivity contribution in [2.45, 2.75) is 18.8 Å². The molecule has 3 heteroatoms. The van der Waals surface area contributed by atoms with Crippen LogP contribution in [-0.4, -0.2) is 13.1 Å². The van der Waals surface area contributed by atoms with E-state index in [1.54, 1.807) is 7.11 Å². The second-order valence-corrected chi connectivity index (χ2v) is 4.88. The van der Waals surface area contributed by atoms with Gasteiger partial charge in [-0.2, -0.15) is 0 Å². The molecule has 0 fully saturated rings. The van der Waals surface area contributed by atoms with Gasteiger partial charge in [0.05, 0.1) is 7.11 Å². The number of hydrogen-bond acceptors (Lipinski definition) is 3.